The van der Waals surface area contributed by atoms with E-state index in [0.717, 1.165) is 17.9 Å². The zero-order valence-corrected chi connectivity index (χ0v) is 11.5. The van der Waals surface area contributed by atoms with Crippen molar-refractivity contribution in [3.05, 3.63) is 47.5 Å². The minimum Gasteiger partial charge on any atom is -0.294 e. The molecule has 0 saturated carbocycles. The van der Waals surface area contributed by atoms with E-state index < -0.39 is 0 Å². The van der Waals surface area contributed by atoms with Gasteiger partial charge in [-0.1, -0.05) is 6.07 Å². The smallest absolute Gasteiger partial charge is 0.0638 e. The number of hydrogen-bond donors (Lipinski definition) is 0. The van der Waals surface area contributed by atoms with Gasteiger partial charge >= 0.3 is 0 Å². The Labute approximate surface area is 108 Å². The quantitative estimate of drug-likeness (QED) is 0.827. The van der Waals surface area contributed by atoms with Gasteiger partial charge in [-0.05, 0) is 33.0 Å². The number of hydrogen-bond acceptors (Lipinski definition) is 3. The van der Waals surface area contributed by atoms with E-state index in [1.807, 2.05) is 30.1 Å². The van der Waals surface area contributed by atoms with Gasteiger partial charge in [0.05, 0.1) is 11.4 Å². The van der Waals surface area contributed by atoms with Gasteiger partial charge in [0, 0.05) is 37.6 Å². The molecule has 0 spiro atoms. The van der Waals surface area contributed by atoms with Crippen LogP contribution in [0.5, 0.6) is 0 Å². The third-order valence-corrected chi connectivity index (χ3v) is 3.31. The Morgan fingerprint density at radius 2 is 2.17 bits per heavy atom. The van der Waals surface area contributed by atoms with Crippen LogP contribution in [0, 0.1) is 6.92 Å². The molecule has 0 bridgehead atoms. The van der Waals surface area contributed by atoms with E-state index >= 15 is 0 Å². The Balaban J connectivity index is 2.08. The van der Waals surface area contributed by atoms with Crippen molar-refractivity contribution in [1.82, 2.24) is 19.7 Å². The number of aryl methyl sites for hydroxylation is 2. The number of aromatic nitrogens is 3. The maximum Gasteiger partial charge on any atom is 0.0638 e. The standard InChI is InChI=1S/C14H20N4/c1-11-13(10-18(4)16-11)9-17(3)12(2)14-7-5-6-8-15-14/h5-8,10,12H,9H2,1-4H3. The minimum atomic E-state index is 0.297. The Kier molecular flexibility index (Phi) is 3.77. The number of pyridine rings is 1. The summed E-state index contributed by atoms with van der Waals surface area (Å²) in [5.41, 5.74) is 3.46. The van der Waals surface area contributed by atoms with Gasteiger partial charge in [0.15, 0.2) is 0 Å². The molecule has 0 radical (unpaired) electrons. The zero-order chi connectivity index (χ0) is 13.1. The predicted octanol–water partition coefficient (Wildman–Crippen LogP) is 2.32. The molecule has 0 aliphatic rings. The van der Waals surface area contributed by atoms with Gasteiger partial charge in [0.25, 0.3) is 0 Å². The van der Waals surface area contributed by atoms with Gasteiger partial charge < -0.3 is 0 Å². The fraction of sp³-hybridized carbons (Fsp3) is 0.429. The zero-order valence-electron chi connectivity index (χ0n) is 11.5. The van der Waals surface area contributed by atoms with E-state index in [4.69, 9.17) is 0 Å². The van der Waals surface area contributed by atoms with Gasteiger partial charge in [0.1, 0.15) is 0 Å². The second-order valence-corrected chi connectivity index (χ2v) is 4.76. The molecule has 0 aromatic carbocycles. The molecular formula is C14H20N4. The van der Waals surface area contributed by atoms with Gasteiger partial charge in [0.2, 0.25) is 0 Å². The average molecular weight is 244 g/mol. The van der Waals surface area contributed by atoms with Crippen molar-refractivity contribution in [2.45, 2.75) is 26.4 Å². The molecule has 4 nitrogen and oxygen atoms in total. The third kappa shape index (κ3) is 2.76. The lowest BCUT2D eigenvalue weighted by atomic mass is 10.1. The SMILES string of the molecule is Cc1nn(C)cc1CN(C)C(C)c1ccccn1. The summed E-state index contributed by atoms with van der Waals surface area (Å²) in [4.78, 5) is 6.69. The van der Waals surface area contributed by atoms with Crippen LogP contribution in [0.2, 0.25) is 0 Å². The summed E-state index contributed by atoms with van der Waals surface area (Å²) in [6.45, 7) is 5.11. The lowest BCUT2D eigenvalue weighted by Gasteiger charge is -2.23. The van der Waals surface area contributed by atoms with Crippen LogP contribution in [-0.2, 0) is 13.6 Å². The first-order valence-electron chi connectivity index (χ1n) is 6.18. The van der Waals surface area contributed by atoms with E-state index in [1.54, 1.807) is 0 Å². The molecule has 4 heteroatoms. The summed E-state index contributed by atoms with van der Waals surface area (Å²) in [6, 6.07) is 6.34. The lowest BCUT2D eigenvalue weighted by molar-refractivity contribution is 0.248. The Bertz CT molecular complexity index is 504. The Morgan fingerprint density at radius 3 is 2.72 bits per heavy atom. The van der Waals surface area contributed by atoms with Crippen molar-refractivity contribution < 1.29 is 0 Å². The molecule has 2 aromatic rings. The average Bonchev–Trinajstić information content (AvgIpc) is 2.68. The molecule has 0 amide bonds. The predicted molar refractivity (Wildman–Crippen MR) is 72.1 cm³/mol. The molecule has 2 rings (SSSR count). The first kappa shape index (κ1) is 12.8. The Hall–Kier alpha value is -1.68. The lowest BCUT2D eigenvalue weighted by Crippen LogP contribution is -2.22. The van der Waals surface area contributed by atoms with Gasteiger partial charge in [-0.25, -0.2) is 0 Å². The highest BCUT2D eigenvalue weighted by Gasteiger charge is 2.14. The van der Waals surface area contributed by atoms with E-state index in [9.17, 15) is 0 Å². The fourth-order valence-electron chi connectivity index (χ4n) is 2.06. The van der Waals surface area contributed by atoms with Crippen molar-refractivity contribution in [3.8, 4) is 0 Å². The normalized spacial score (nSPS) is 12.9. The van der Waals surface area contributed by atoms with E-state index in [2.05, 4.69) is 48.1 Å². The monoisotopic (exact) mass is 244 g/mol. The van der Waals surface area contributed by atoms with E-state index in [-0.39, 0.29) is 0 Å². The van der Waals surface area contributed by atoms with Crippen LogP contribution in [-0.4, -0.2) is 26.7 Å². The second-order valence-electron chi connectivity index (χ2n) is 4.76. The maximum atomic E-state index is 4.41. The largest absolute Gasteiger partial charge is 0.294 e. The van der Waals surface area contributed by atoms with Crippen molar-refractivity contribution in [2.24, 2.45) is 7.05 Å². The van der Waals surface area contributed by atoms with Crippen LogP contribution in [0.25, 0.3) is 0 Å². The molecule has 1 unspecified atom stereocenters. The number of rotatable bonds is 4. The summed E-state index contributed by atoms with van der Waals surface area (Å²) < 4.78 is 1.87. The summed E-state index contributed by atoms with van der Waals surface area (Å²) in [5.74, 6) is 0. The van der Waals surface area contributed by atoms with Crippen molar-refractivity contribution in [3.63, 3.8) is 0 Å². The molecule has 1 atom stereocenters. The van der Waals surface area contributed by atoms with Gasteiger partial charge in [-0.15, -0.1) is 0 Å². The van der Waals surface area contributed by atoms with Crippen LogP contribution in [0.15, 0.2) is 30.6 Å². The molecule has 2 heterocycles. The molecule has 0 fully saturated rings. The van der Waals surface area contributed by atoms with E-state index in [0.29, 0.717) is 6.04 Å². The highest BCUT2D eigenvalue weighted by Crippen LogP contribution is 2.19. The fourth-order valence-corrected chi connectivity index (χ4v) is 2.06. The van der Waals surface area contributed by atoms with Crippen molar-refractivity contribution in [2.75, 3.05) is 7.05 Å². The summed E-state index contributed by atoms with van der Waals surface area (Å²) in [5, 5.41) is 4.37. The molecule has 0 aliphatic heterocycles. The highest BCUT2D eigenvalue weighted by molar-refractivity contribution is 5.16. The van der Waals surface area contributed by atoms with Crippen LogP contribution in [0.1, 0.15) is 29.9 Å². The van der Waals surface area contributed by atoms with Crippen LogP contribution < -0.4 is 0 Å². The van der Waals surface area contributed by atoms with Crippen molar-refractivity contribution >= 4 is 0 Å². The summed E-state index contributed by atoms with van der Waals surface area (Å²) in [6.07, 6.45) is 3.92. The molecule has 0 N–H and O–H groups in total. The molecule has 18 heavy (non-hydrogen) atoms. The van der Waals surface area contributed by atoms with Crippen LogP contribution in [0.3, 0.4) is 0 Å². The third-order valence-electron chi connectivity index (χ3n) is 3.31. The number of nitrogens with zero attached hydrogens (tertiary/aromatic N) is 4. The molecule has 96 valence electrons. The second kappa shape index (κ2) is 5.31. The molecular weight excluding hydrogens is 224 g/mol. The summed E-state index contributed by atoms with van der Waals surface area (Å²) in [7, 11) is 4.07. The Morgan fingerprint density at radius 1 is 1.39 bits per heavy atom. The topological polar surface area (TPSA) is 34.0 Å². The minimum absolute atomic E-state index is 0.297. The van der Waals surface area contributed by atoms with Crippen LogP contribution >= 0.6 is 0 Å². The first-order chi connectivity index (χ1) is 8.58. The van der Waals surface area contributed by atoms with Crippen molar-refractivity contribution in [1.29, 1.82) is 0 Å². The van der Waals surface area contributed by atoms with Gasteiger partial charge in [-0.3, -0.25) is 14.6 Å². The highest BCUT2D eigenvalue weighted by atomic mass is 15.3. The molecule has 0 aliphatic carbocycles. The van der Waals surface area contributed by atoms with E-state index in [1.165, 1.54) is 5.56 Å². The molecule has 0 saturated heterocycles. The van der Waals surface area contributed by atoms with Gasteiger partial charge in [-0.2, -0.15) is 5.10 Å². The maximum absolute atomic E-state index is 4.41. The first-order valence-corrected chi connectivity index (χ1v) is 6.18. The molecule has 2 aromatic heterocycles. The summed E-state index contributed by atoms with van der Waals surface area (Å²) >= 11 is 0. The van der Waals surface area contributed by atoms with Crippen LogP contribution in [0.4, 0.5) is 0 Å².